The molecule has 152 valence electrons. The molecule has 0 aromatic heterocycles. The normalized spacial score (nSPS) is 11.1. The third-order valence-corrected chi connectivity index (χ3v) is 5.34. The molecule has 1 aromatic rings. The van der Waals surface area contributed by atoms with Crippen molar-refractivity contribution in [2.24, 2.45) is 0 Å². The molecule has 0 amide bonds. The highest BCUT2D eigenvalue weighted by Gasteiger charge is 2.26. The number of esters is 1. The van der Waals surface area contributed by atoms with Gasteiger partial charge in [0.25, 0.3) is 0 Å². The molecule has 0 unspecified atom stereocenters. The molecule has 1 rings (SSSR count). The second-order valence-corrected chi connectivity index (χ2v) is 8.00. The van der Waals surface area contributed by atoms with Crippen LogP contribution in [0.3, 0.4) is 0 Å². The molecular formula is C20H30O6S. The van der Waals surface area contributed by atoms with Gasteiger partial charge in [0.15, 0.2) is 0 Å². The lowest BCUT2D eigenvalue weighted by molar-refractivity contribution is -0.162. The lowest BCUT2D eigenvalue weighted by atomic mass is 10.1. The van der Waals surface area contributed by atoms with E-state index < -0.39 is 22.1 Å². The van der Waals surface area contributed by atoms with Crippen LogP contribution in [0.2, 0.25) is 0 Å². The lowest BCUT2D eigenvalue weighted by Gasteiger charge is -2.06. The minimum Gasteiger partial charge on any atom is -0.457 e. The number of carbonyl (C=O) groups is 2. The fourth-order valence-electron chi connectivity index (χ4n) is 2.58. The van der Waals surface area contributed by atoms with Crippen molar-refractivity contribution in [3.8, 4) is 0 Å². The summed E-state index contributed by atoms with van der Waals surface area (Å²) in [5.41, 5.74) is 0. The Kier molecular flexibility index (Phi) is 11.4. The number of carbonyl (C=O) groups excluding carboxylic acids is 2. The summed E-state index contributed by atoms with van der Waals surface area (Å²) >= 11 is 0. The van der Waals surface area contributed by atoms with Gasteiger partial charge < -0.3 is 8.92 Å². The molecule has 0 N–H and O–H groups in total. The average Bonchev–Trinajstić information content (AvgIpc) is 2.66. The fraction of sp³-hybridized carbons (Fsp3) is 0.600. The maximum atomic E-state index is 11.9. The summed E-state index contributed by atoms with van der Waals surface area (Å²) < 4.78 is 32.8. The predicted octanol–water partition coefficient (Wildman–Crippen LogP) is 4.38. The van der Waals surface area contributed by atoms with E-state index in [1.807, 2.05) is 0 Å². The number of ether oxygens (including phenoxy) is 1. The average molecular weight is 399 g/mol. The quantitative estimate of drug-likeness (QED) is 0.212. The van der Waals surface area contributed by atoms with Crippen molar-refractivity contribution >= 4 is 22.1 Å². The molecule has 0 fully saturated rings. The van der Waals surface area contributed by atoms with E-state index in [0.29, 0.717) is 6.42 Å². The third kappa shape index (κ3) is 10.1. The van der Waals surface area contributed by atoms with Crippen LogP contribution >= 0.6 is 0 Å². The Hall–Kier alpha value is -1.89. The fourth-order valence-corrected chi connectivity index (χ4v) is 3.44. The summed E-state index contributed by atoms with van der Waals surface area (Å²) in [6.07, 6.45) is 11.4. The van der Waals surface area contributed by atoms with Crippen molar-refractivity contribution in [1.82, 2.24) is 0 Å². The minimum absolute atomic E-state index is 0.0792. The van der Waals surface area contributed by atoms with Crippen LogP contribution in [-0.2, 0) is 28.6 Å². The van der Waals surface area contributed by atoms with Crippen molar-refractivity contribution in [2.75, 3.05) is 6.61 Å². The van der Waals surface area contributed by atoms with Crippen LogP contribution in [0.25, 0.3) is 0 Å². The van der Waals surface area contributed by atoms with Gasteiger partial charge in [-0.1, -0.05) is 82.9 Å². The van der Waals surface area contributed by atoms with Crippen LogP contribution in [0.4, 0.5) is 0 Å². The van der Waals surface area contributed by atoms with Gasteiger partial charge in [0.2, 0.25) is 0 Å². The standard InChI is InChI=1S/C20H30O6S/c1-2-3-4-5-6-7-8-9-10-14-17-25-19(21)20(22)26-27(23,24)18-15-12-11-13-16-18/h11-13,15-16H,2-10,14,17H2,1H3. The van der Waals surface area contributed by atoms with Crippen molar-refractivity contribution in [3.05, 3.63) is 30.3 Å². The van der Waals surface area contributed by atoms with E-state index in [2.05, 4.69) is 11.1 Å². The molecule has 6 nitrogen and oxygen atoms in total. The molecule has 0 bridgehead atoms. The van der Waals surface area contributed by atoms with Gasteiger partial charge in [0.05, 0.1) is 6.61 Å². The van der Waals surface area contributed by atoms with Gasteiger partial charge in [-0.05, 0) is 18.6 Å². The van der Waals surface area contributed by atoms with Crippen LogP contribution in [-0.4, -0.2) is 27.0 Å². The predicted molar refractivity (Wildman–Crippen MR) is 103 cm³/mol. The van der Waals surface area contributed by atoms with Gasteiger partial charge >= 0.3 is 22.1 Å². The molecular weight excluding hydrogens is 368 g/mol. The van der Waals surface area contributed by atoms with E-state index in [0.717, 1.165) is 19.3 Å². The Morgan fingerprint density at radius 1 is 0.778 bits per heavy atom. The van der Waals surface area contributed by atoms with E-state index in [1.165, 1.54) is 62.8 Å². The highest BCUT2D eigenvalue weighted by molar-refractivity contribution is 7.87. The zero-order valence-electron chi connectivity index (χ0n) is 16.0. The molecule has 0 aliphatic carbocycles. The summed E-state index contributed by atoms with van der Waals surface area (Å²) in [5, 5.41) is 0. The SMILES string of the molecule is CCCCCCCCCCCCOC(=O)C(=O)OS(=O)(=O)c1ccccc1. The highest BCUT2D eigenvalue weighted by Crippen LogP contribution is 2.12. The molecule has 7 heteroatoms. The molecule has 1 aromatic carbocycles. The summed E-state index contributed by atoms with van der Waals surface area (Å²) in [6.45, 7) is 2.28. The first-order valence-electron chi connectivity index (χ1n) is 9.68. The molecule has 0 aliphatic heterocycles. The van der Waals surface area contributed by atoms with Gasteiger partial charge in [0, 0.05) is 0 Å². The summed E-state index contributed by atoms with van der Waals surface area (Å²) in [7, 11) is -4.31. The van der Waals surface area contributed by atoms with Gasteiger partial charge in [-0.15, -0.1) is 0 Å². The van der Waals surface area contributed by atoms with Crippen molar-refractivity contribution < 1.29 is 26.9 Å². The second kappa shape index (κ2) is 13.3. The van der Waals surface area contributed by atoms with Gasteiger partial charge in [0.1, 0.15) is 4.90 Å². The van der Waals surface area contributed by atoms with Gasteiger partial charge in [-0.3, -0.25) is 0 Å². The topological polar surface area (TPSA) is 86.7 Å². The Morgan fingerprint density at radius 3 is 1.85 bits per heavy atom. The summed E-state index contributed by atoms with van der Waals surface area (Å²) in [5.74, 6) is -2.81. The molecule has 0 radical (unpaired) electrons. The van der Waals surface area contributed by atoms with E-state index >= 15 is 0 Å². The molecule has 0 atom stereocenters. The highest BCUT2D eigenvalue weighted by atomic mass is 32.2. The second-order valence-electron chi connectivity index (χ2n) is 6.46. The zero-order chi connectivity index (χ0) is 20.0. The molecule has 0 heterocycles. The van der Waals surface area contributed by atoms with E-state index in [9.17, 15) is 18.0 Å². The summed E-state index contributed by atoms with van der Waals surface area (Å²) in [6, 6.07) is 7.16. The minimum atomic E-state index is -4.31. The monoisotopic (exact) mass is 398 g/mol. The molecule has 0 aliphatic rings. The van der Waals surface area contributed by atoms with Crippen LogP contribution in [0.1, 0.15) is 71.1 Å². The Balaban J connectivity index is 2.12. The van der Waals surface area contributed by atoms with Crippen LogP contribution in [0.15, 0.2) is 35.2 Å². The first kappa shape index (κ1) is 23.1. The van der Waals surface area contributed by atoms with Crippen LogP contribution < -0.4 is 0 Å². The maximum absolute atomic E-state index is 11.9. The molecule has 0 spiro atoms. The largest absolute Gasteiger partial charge is 0.457 e. The lowest BCUT2D eigenvalue weighted by Crippen LogP contribution is -2.24. The van der Waals surface area contributed by atoms with Gasteiger partial charge in [-0.25, -0.2) is 9.59 Å². The third-order valence-electron chi connectivity index (χ3n) is 4.11. The molecule has 0 saturated heterocycles. The molecule has 27 heavy (non-hydrogen) atoms. The smallest absolute Gasteiger partial charge is 0.433 e. The first-order chi connectivity index (χ1) is 13.0. The Bertz CT molecular complexity index is 654. The number of hydrogen-bond donors (Lipinski definition) is 0. The number of rotatable bonds is 13. The Labute approximate surface area is 162 Å². The number of unbranched alkanes of at least 4 members (excludes halogenated alkanes) is 9. The van der Waals surface area contributed by atoms with Crippen LogP contribution in [0, 0.1) is 0 Å². The first-order valence-corrected chi connectivity index (χ1v) is 11.1. The van der Waals surface area contributed by atoms with Crippen molar-refractivity contribution in [1.29, 1.82) is 0 Å². The van der Waals surface area contributed by atoms with E-state index in [-0.39, 0.29) is 11.5 Å². The zero-order valence-corrected chi connectivity index (χ0v) is 16.8. The molecule has 0 saturated carbocycles. The summed E-state index contributed by atoms with van der Waals surface area (Å²) in [4.78, 5) is 22.9. The number of hydrogen-bond acceptors (Lipinski definition) is 6. The van der Waals surface area contributed by atoms with Crippen molar-refractivity contribution in [2.45, 2.75) is 76.0 Å². The van der Waals surface area contributed by atoms with E-state index in [1.54, 1.807) is 6.07 Å². The maximum Gasteiger partial charge on any atom is 0.433 e. The van der Waals surface area contributed by atoms with Crippen molar-refractivity contribution in [3.63, 3.8) is 0 Å². The van der Waals surface area contributed by atoms with Crippen LogP contribution in [0.5, 0.6) is 0 Å². The number of benzene rings is 1. The van der Waals surface area contributed by atoms with E-state index in [4.69, 9.17) is 4.74 Å². The van der Waals surface area contributed by atoms with Gasteiger partial charge in [-0.2, -0.15) is 8.42 Å². The Morgan fingerprint density at radius 2 is 1.30 bits per heavy atom.